The molecule has 1 aliphatic heterocycles. The maximum Gasteiger partial charge on any atom is 0.305 e. The highest BCUT2D eigenvalue weighted by Gasteiger charge is 2.37. The Labute approximate surface area is 324 Å². The third-order valence-corrected chi connectivity index (χ3v) is 10.9. The number of fused-ring (bicyclic) bond motifs is 6. The molecule has 278 valence electrons. The molecule has 0 saturated heterocycles. The van der Waals surface area contributed by atoms with Crippen molar-refractivity contribution in [2.45, 2.75) is 32.0 Å². The Morgan fingerprint density at radius 2 is 1.43 bits per heavy atom. The van der Waals surface area contributed by atoms with Crippen molar-refractivity contribution in [3.05, 3.63) is 167 Å². The smallest absolute Gasteiger partial charge is 0.305 e. The van der Waals surface area contributed by atoms with E-state index in [0.717, 1.165) is 43.6 Å². The lowest BCUT2D eigenvalue weighted by atomic mass is 9.94. The number of hydrogen-bond donors (Lipinski definition) is 3. The third-order valence-electron chi connectivity index (χ3n) is 10.9. The molecule has 7 aromatic carbocycles. The van der Waals surface area contributed by atoms with Gasteiger partial charge in [-0.15, -0.1) is 0 Å². The SMILES string of the molecule is CN(C(=O)c1ccc2c(c1)N(Cc1cccc3c1ccc1c4ccccc4ccc31)C(CC(=O)O)C(=O)N(CCc1ccccc1)C2)c1ccc(C(=N)N)cc1. The van der Waals surface area contributed by atoms with Crippen LogP contribution in [0.3, 0.4) is 0 Å². The van der Waals surface area contributed by atoms with Crippen molar-refractivity contribution in [3.8, 4) is 0 Å². The molecule has 1 atom stereocenters. The number of amidine groups is 1. The molecule has 0 spiro atoms. The monoisotopic (exact) mass is 739 g/mol. The highest BCUT2D eigenvalue weighted by molar-refractivity contribution is 6.17. The van der Waals surface area contributed by atoms with Crippen LogP contribution in [0.4, 0.5) is 11.4 Å². The minimum atomic E-state index is -1.09. The second kappa shape index (κ2) is 15.0. The number of nitrogens with two attached hydrogens (primary N) is 1. The molecule has 8 rings (SSSR count). The minimum absolute atomic E-state index is 0.0625. The maximum absolute atomic E-state index is 14.6. The van der Waals surface area contributed by atoms with Gasteiger partial charge in [0, 0.05) is 49.2 Å². The Morgan fingerprint density at radius 1 is 0.768 bits per heavy atom. The molecule has 1 aliphatic rings. The number of hydrogen-bond acceptors (Lipinski definition) is 5. The first-order valence-electron chi connectivity index (χ1n) is 18.6. The number of carbonyl (C=O) groups is 3. The van der Waals surface area contributed by atoms with E-state index in [2.05, 4.69) is 42.5 Å². The Balaban J connectivity index is 1.23. The van der Waals surface area contributed by atoms with Crippen LogP contribution in [0.2, 0.25) is 0 Å². The summed E-state index contributed by atoms with van der Waals surface area (Å²) in [6.07, 6.45) is 0.191. The lowest BCUT2D eigenvalue weighted by molar-refractivity contribution is -0.142. The average molecular weight is 740 g/mol. The second-order valence-corrected chi connectivity index (χ2v) is 14.4. The average Bonchev–Trinajstić information content (AvgIpc) is 3.32. The van der Waals surface area contributed by atoms with Crippen molar-refractivity contribution in [3.63, 3.8) is 0 Å². The molecule has 0 fully saturated rings. The lowest BCUT2D eigenvalue weighted by Crippen LogP contribution is -2.48. The molecule has 4 N–H and O–H groups in total. The zero-order valence-electron chi connectivity index (χ0n) is 31.0. The van der Waals surface area contributed by atoms with Gasteiger partial charge in [-0.2, -0.15) is 0 Å². The first kappa shape index (κ1) is 36.0. The molecule has 0 aliphatic carbocycles. The minimum Gasteiger partial charge on any atom is -0.481 e. The van der Waals surface area contributed by atoms with E-state index in [4.69, 9.17) is 11.1 Å². The molecule has 56 heavy (non-hydrogen) atoms. The molecule has 0 saturated carbocycles. The van der Waals surface area contributed by atoms with Gasteiger partial charge in [-0.1, -0.05) is 103 Å². The molecule has 9 nitrogen and oxygen atoms in total. The van der Waals surface area contributed by atoms with Gasteiger partial charge in [0.25, 0.3) is 5.91 Å². The van der Waals surface area contributed by atoms with Gasteiger partial charge in [-0.25, -0.2) is 0 Å². The molecule has 0 bridgehead atoms. The van der Waals surface area contributed by atoms with E-state index in [1.165, 1.54) is 10.3 Å². The number of amides is 2. The molecule has 0 radical (unpaired) electrons. The van der Waals surface area contributed by atoms with Crippen molar-refractivity contribution in [2.75, 3.05) is 23.4 Å². The molecule has 7 aromatic rings. The Morgan fingerprint density at radius 3 is 2.20 bits per heavy atom. The Kier molecular flexibility index (Phi) is 9.66. The van der Waals surface area contributed by atoms with E-state index in [0.29, 0.717) is 35.5 Å². The predicted octanol–water partition coefficient (Wildman–Crippen LogP) is 8.14. The summed E-state index contributed by atoms with van der Waals surface area (Å²) in [5.74, 6) is -1.70. The fraction of sp³-hybridized carbons (Fsp3) is 0.149. The van der Waals surface area contributed by atoms with Crippen LogP contribution in [0.5, 0.6) is 0 Å². The van der Waals surface area contributed by atoms with Crippen LogP contribution in [-0.4, -0.2) is 53.3 Å². The van der Waals surface area contributed by atoms with Gasteiger partial charge in [0.05, 0.1) is 6.42 Å². The number of carboxylic acid groups (broad SMARTS) is 1. The van der Waals surface area contributed by atoms with Crippen molar-refractivity contribution in [1.29, 1.82) is 5.41 Å². The Hall–Kier alpha value is -7.00. The van der Waals surface area contributed by atoms with E-state index in [9.17, 15) is 19.5 Å². The quantitative estimate of drug-likeness (QED) is 0.0738. The standard InChI is InChI=1S/C47H41N5O4/c1-50(36-19-16-32(17-20-36)45(48)49)46(55)33-14-15-35-28-51(25-24-30-8-3-2-4-9-30)47(56)43(27-44(53)54)52(42(35)26-33)29-34-11-7-13-39-38(34)22-23-40-37-12-6-5-10-31(37)18-21-41(39)40/h2-23,26,43H,24-25,27-29H2,1H3,(H3,48,49)(H,53,54). The van der Waals surface area contributed by atoms with E-state index in [1.54, 1.807) is 48.3 Å². The zero-order valence-corrected chi connectivity index (χ0v) is 31.0. The summed E-state index contributed by atoms with van der Waals surface area (Å²) in [6.45, 7) is 0.900. The van der Waals surface area contributed by atoms with Crippen LogP contribution in [0, 0.1) is 5.41 Å². The number of carboxylic acids is 1. The normalized spacial score (nSPS) is 14.2. The summed E-state index contributed by atoms with van der Waals surface area (Å²) in [6, 6.07) is 44.2. The van der Waals surface area contributed by atoms with Gasteiger partial charge in [-0.3, -0.25) is 19.8 Å². The zero-order chi connectivity index (χ0) is 38.9. The first-order valence-corrected chi connectivity index (χ1v) is 18.6. The maximum atomic E-state index is 14.6. The lowest BCUT2D eigenvalue weighted by Gasteiger charge is -2.33. The van der Waals surface area contributed by atoms with Gasteiger partial charge < -0.3 is 25.5 Å². The number of nitrogens with zero attached hydrogens (tertiary/aromatic N) is 3. The molecule has 9 heteroatoms. The van der Waals surface area contributed by atoms with Crippen LogP contribution in [0.15, 0.2) is 140 Å². The van der Waals surface area contributed by atoms with Crippen molar-refractivity contribution in [1.82, 2.24) is 4.90 Å². The van der Waals surface area contributed by atoms with E-state index >= 15 is 0 Å². The van der Waals surface area contributed by atoms with Crippen molar-refractivity contribution in [2.24, 2.45) is 5.73 Å². The van der Waals surface area contributed by atoms with Gasteiger partial charge in [-0.05, 0) is 91.8 Å². The fourth-order valence-corrected chi connectivity index (χ4v) is 7.97. The van der Waals surface area contributed by atoms with Gasteiger partial charge >= 0.3 is 5.97 Å². The molecular formula is C47H41N5O4. The van der Waals surface area contributed by atoms with Crippen LogP contribution < -0.4 is 15.5 Å². The Bertz CT molecular complexity index is 2660. The van der Waals surface area contributed by atoms with Crippen LogP contribution >= 0.6 is 0 Å². The fourth-order valence-electron chi connectivity index (χ4n) is 7.97. The molecule has 1 heterocycles. The largest absolute Gasteiger partial charge is 0.481 e. The number of carbonyl (C=O) groups excluding carboxylic acids is 2. The van der Waals surface area contributed by atoms with Gasteiger partial charge in [0.15, 0.2) is 0 Å². The summed E-state index contributed by atoms with van der Waals surface area (Å²) in [5.41, 5.74) is 10.7. The van der Waals surface area contributed by atoms with E-state index < -0.39 is 18.4 Å². The van der Waals surface area contributed by atoms with Gasteiger partial charge in [0.2, 0.25) is 5.91 Å². The number of aliphatic carboxylic acids is 1. The predicted molar refractivity (Wildman–Crippen MR) is 223 cm³/mol. The molecule has 2 amide bonds. The summed E-state index contributed by atoms with van der Waals surface area (Å²) in [4.78, 5) is 46.5. The number of benzene rings is 7. The summed E-state index contributed by atoms with van der Waals surface area (Å²) < 4.78 is 0. The van der Waals surface area contributed by atoms with Crippen molar-refractivity contribution >= 4 is 67.3 Å². The van der Waals surface area contributed by atoms with Crippen LogP contribution in [0.1, 0.15) is 39.0 Å². The first-order chi connectivity index (χ1) is 27.2. The topological polar surface area (TPSA) is 131 Å². The molecule has 1 unspecified atom stereocenters. The number of rotatable bonds is 10. The second-order valence-electron chi connectivity index (χ2n) is 14.4. The van der Waals surface area contributed by atoms with Crippen molar-refractivity contribution < 1.29 is 19.5 Å². The highest BCUT2D eigenvalue weighted by Crippen LogP contribution is 2.37. The summed E-state index contributed by atoms with van der Waals surface area (Å²) >= 11 is 0. The summed E-state index contributed by atoms with van der Waals surface area (Å²) in [5, 5.41) is 24.7. The van der Waals surface area contributed by atoms with Crippen LogP contribution in [0.25, 0.3) is 32.3 Å². The van der Waals surface area contributed by atoms with E-state index in [-0.39, 0.29) is 30.7 Å². The molecule has 0 aromatic heterocycles. The highest BCUT2D eigenvalue weighted by atomic mass is 16.4. The van der Waals surface area contributed by atoms with E-state index in [1.807, 2.05) is 65.6 Å². The van der Waals surface area contributed by atoms with Crippen LogP contribution in [-0.2, 0) is 29.1 Å². The summed E-state index contributed by atoms with van der Waals surface area (Å²) in [7, 11) is 1.68. The van der Waals surface area contributed by atoms with Gasteiger partial charge in [0.1, 0.15) is 11.9 Å². The number of anilines is 2. The number of nitrogens with one attached hydrogen (secondary N) is 1. The molecular weight excluding hydrogens is 699 g/mol. The third kappa shape index (κ3) is 6.91. The number of nitrogen functional groups attached to an aromatic ring is 1.